The SMILES string of the molecule is CCCN1C=C(C(=O)OCC)CC(C)=C1CC. The molecule has 0 aromatic carbocycles. The minimum Gasteiger partial charge on any atom is -0.463 e. The number of carbonyl (C=O) groups is 1. The van der Waals surface area contributed by atoms with Crippen LogP contribution in [0.15, 0.2) is 23.0 Å². The summed E-state index contributed by atoms with van der Waals surface area (Å²) >= 11 is 0. The molecule has 96 valence electrons. The largest absolute Gasteiger partial charge is 0.463 e. The van der Waals surface area contributed by atoms with Gasteiger partial charge >= 0.3 is 5.97 Å². The predicted molar refractivity (Wildman–Crippen MR) is 69.3 cm³/mol. The van der Waals surface area contributed by atoms with Crippen molar-refractivity contribution in [2.75, 3.05) is 13.2 Å². The number of hydrogen-bond donors (Lipinski definition) is 0. The van der Waals surface area contributed by atoms with Gasteiger partial charge in [-0.15, -0.1) is 0 Å². The highest BCUT2D eigenvalue weighted by molar-refractivity contribution is 5.89. The number of ether oxygens (including phenoxy) is 1. The van der Waals surface area contributed by atoms with Crippen molar-refractivity contribution in [3.8, 4) is 0 Å². The first-order valence-electron chi connectivity index (χ1n) is 6.47. The Labute approximate surface area is 104 Å². The first kappa shape index (κ1) is 13.8. The summed E-state index contributed by atoms with van der Waals surface area (Å²) in [4.78, 5) is 13.9. The minimum atomic E-state index is -0.178. The molecule has 0 saturated heterocycles. The zero-order valence-electron chi connectivity index (χ0n) is 11.4. The van der Waals surface area contributed by atoms with Crippen molar-refractivity contribution in [1.29, 1.82) is 0 Å². The average molecular weight is 237 g/mol. The van der Waals surface area contributed by atoms with Crippen molar-refractivity contribution in [1.82, 2.24) is 4.90 Å². The lowest BCUT2D eigenvalue weighted by Gasteiger charge is -2.30. The van der Waals surface area contributed by atoms with Gasteiger partial charge < -0.3 is 9.64 Å². The number of hydrogen-bond acceptors (Lipinski definition) is 3. The second-order valence-electron chi connectivity index (χ2n) is 4.33. The van der Waals surface area contributed by atoms with E-state index in [1.54, 1.807) is 0 Å². The minimum absolute atomic E-state index is 0.178. The molecule has 0 N–H and O–H groups in total. The van der Waals surface area contributed by atoms with Crippen LogP contribution in [-0.2, 0) is 9.53 Å². The fourth-order valence-corrected chi connectivity index (χ4v) is 2.24. The smallest absolute Gasteiger partial charge is 0.335 e. The van der Waals surface area contributed by atoms with E-state index in [2.05, 4.69) is 25.7 Å². The lowest BCUT2D eigenvalue weighted by atomic mass is 9.99. The fourth-order valence-electron chi connectivity index (χ4n) is 2.24. The van der Waals surface area contributed by atoms with Crippen LogP contribution in [0.1, 0.15) is 47.0 Å². The third-order valence-electron chi connectivity index (χ3n) is 2.94. The Morgan fingerprint density at radius 3 is 2.65 bits per heavy atom. The Kier molecular flexibility index (Phi) is 5.26. The third kappa shape index (κ3) is 3.35. The molecule has 0 bridgehead atoms. The van der Waals surface area contributed by atoms with E-state index < -0.39 is 0 Å². The Bertz CT molecular complexity index is 342. The van der Waals surface area contributed by atoms with Crippen LogP contribution >= 0.6 is 0 Å². The van der Waals surface area contributed by atoms with Gasteiger partial charge in [0.1, 0.15) is 0 Å². The Balaban J connectivity index is 2.88. The number of rotatable bonds is 5. The van der Waals surface area contributed by atoms with Crippen molar-refractivity contribution in [2.24, 2.45) is 0 Å². The van der Waals surface area contributed by atoms with Gasteiger partial charge in [-0.1, -0.05) is 13.8 Å². The quantitative estimate of drug-likeness (QED) is 0.687. The Morgan fingerprint density at radius 1 is 1.41 bits per heavy atom. The summed E-state index contributed by atoms with van der Waals surface area (Å²) in [5.41, 5.74) is 3.40. The van der Waals surface area contributed by atoms with E-state index in [0.29, 0.717) is 6.61 Å². The Morgan fingerprint density at radius 2 is 2.12 bits per heavy atom. The predicted octanol–water partition coefficient (Wildman–Crippen LogP) is 3.23. The second kappa shape index (κ2) is 6.48. The summed E-state index contributed by atoms with van der Waals surface area (Å²) in [5, 5.41) is 0. The summed E-state index contributed by atoms with van der Waals surface area (Å²) in [6, 6.07) is 0. The highest BCUT2D eigenvalue weighted by Crippen LogP contribution is 2.27. The molecule has 0 aromatic rings. The summed E-state index contributed by atoms with van der Waals surface area (Å²) in [6.07, 6.45) is 4.78. The highest BCUT2D eigenvalue weighted by Gasteiger charge is 2.21. The molecule has 0 atom stereocenters. The number of nitrogens with zero attached hydrogens (tertiary/aromatic N) is 1. The lowest BCUT2D eigenvalue weighted by molar-refractivity contribution is -0.138. The van der Waals surface area contributed by atoms with Crippen LogP contribution in [-0.4, -0.2) is 24.0 Å². The summed E-state index contributed by atoms with van der Waals surface area (Å²) < 4.78 is 5.07. The average Bonchev–Trinajstić information content (AvgIpc) is 2.29. The maximum absolute atomic E-state index is 11.7. The van der Waals surface area contributed by atoms with Gasteiger partial charge in [-0.3, -0.25) is 0 Å². The van der Waals surface area contributed by atoms with Gasteiger partial charge in [0.25, 0.3) is 0 Å². The Hall–Kier alpha value is -1.25. The van der Waals surface area contributed by atoms with Crippen LogP contribution in [0.4, 0.5) is 0 Å². The molecule has 0 amide bonds. The van der Waals surface area contributed by atoms with Crippen LogP contribution in [0.3, 0.4) is 0 Å². The molecule has 0 aromatic heterocycles. The standard InChI is InChI=1S/C14H23NO2/c1-5-8-15-10-12(14(16)17-7-3)9-11(4)13(15)6-2/h10H,5-9H2,1-4H3. The summed E-state index contributed by atoms with van der Waals surface area (Å²) in [5.74, 6) is -0.178. The van der Waals surface area contributed by atoms with Crippen molar-refractivity contribution in [3.05, 3.63) is 23.0 Å². The molecule has 0 fully saturated rings. The zero-order valence-corrected chi connectivity index (χ0v) is 11.4. The van der Waals surface area contributed by atoms with Crippen LogP contribution in [0.5, 0.6) is 0 Å². The fraction of sp³-hybridized carbons (Fsp3) is 0.643. The molecule has 0 radical (unpaired) electrons. The molecule has 1 aliphatic rings. The van der Waals surface area contributed by atoms with E-state index >= 15 is 0 Å². The third-order valence-corrected chi connectivity index (χ3v) is 2.94. The first-order chi connectivity index (χ1) is 8.13. The van der Waals surface area contributed by atoms with E-state index in [9.17, 15) is 4.79 Å². The number of allylic oxidation sites excluding steroid dienone is 2. The molecular formula is C14H23NO2. The molecule has 0 aliphatic carbocycles. The molecule has 0 saturated carbocycles. The van der Waals surface area contributed by atoms with Crippen LogP contribution in [0, 0.1) is 0 Å². The van der Waals surface area contributed by atoms with Gasteiger partial charge in [-0.25, -0.2) is 4.79 Å². The van der Waals surface area contributed by atoms with Crippen molar-refractivity contribution in [3.63, 3.8) is 0 Å². The van der Waals surface area contributed by atoms with Crippen molar-refractivity contribution >= 4 is 5.97 Å². The van der Waals surface area contributed by atoms with Crippen molar-refractivity contribution < 1.29 is 9.53 Å². The van der Waals surface area contributed by atoms with Gasteiger partial charge in [0.15, 0.2) is 0 Å². The van der Waals surface area contributed by atoms with E-state index in [4.69, 9.17) is 4.74 Å². The summed E-state index contributed by atoms with van der Waals surface area (Å²) in [6.45, 7) is 9.65. The van der Waals surface area contributed by atoms with Crippen LogP contribution in [0.25, 0.3) is 0 Å². The molecular weight excluding hydrogens is 214 g/mol. The van der Waals surface area contributed by atoms with Crippen LogP contribution in [0.2, 0.25) is 0 Å². The van der Waals surface area contributed by atoms with Crippen molar-refractivity contribution in [2.45, 2.75) is 47.0 Å². The monoisotopic (exact) mass is 237 g/mol. The van der Waals surface area contributed by atoms with E-state index in [0.717, 1.165) is 31.4 Å². The number of carbonyl (C=O) groups excluding carboxylic acids is 1. The molecule has 3 heteroatoms. The van der Waals surface area contributed by atoms with E-state index in [1.165, 1.54) is 11.3 Å². The highest BCUT2D eigenvalue weighted by atomic mass is 16.5. The van der Waals surface area contributed by atoms with Gasteiger partial charge in [0.2, 0.25) is 0 Å². The topological polar surface area (TPSA) is 29.5 Å². The molecule has 0 spiro atoms. The molecule has 1 rings (SSSR count). The molecule has 1 aliphatic heterocycles. The van der Waals surface area contributed by atoms with E-state index in [-0.39, 0.29) is 5.97 Å². The normalized spacial score (nSPS) is 16.0. The maximum Gasteiger partial charge on any atom is 0.335 e. The summed E-state index contributed by atoms with van der Waals surface area (Å²) in [7, 11) is 0. The van der Waals surface area contributed by atoms with Gasteiger partial charge in [0.05, 0.1) is 12.2 Å². The zero-order chi connectivity index (χ0) is 12.8. The molecule has 3 nitrogen and oxygen atoms in total. The number of esters is 1. The van der Waals surface area contributed by atoms with Gasteiger partial charge in [-0.05, 0) is 32.3 Å². The maximum atomic E-state index is 11.7. The van der Waals surface area contributed by atoms with Gasteiger partial charge in [-0.2, -0.15) is 0 Å². The lowest BCUT2D eigenvalue weighted by Crippen LogP contribution is -2.25. The molecule has 1 heterocycles. The van der Waals surface area contributed by atoms with Crippen LogP contribution < -0.4 is 0 Å². The second-order valence-corrected chi connectivity index (χ2v) is 4.33. The van der Waals surface area contributed by atoms with E-state index in [1.807, 2.05) is 13.1 Å². The molecule has 0 unspecified atom stereocenters. The first-order valence-corrected chi connectivity index (χ1v) is 6.47. The van der Waals surface area contributed by atoms with Gasteiger partial charge in [0, 0.05) is 24.9 Å². The molecule has 17 heavy (non-hydrogen) atoms.